The van der Waals surface area contributed by atoms with Crippen molar-refractivity contribution in [3.8, 4) is 5.82 Å². The predicted octanol–water partition coefficient (Wildman–Crippen LogP) is 1.47. The Kier molecular flexibility index (Phi) is 1.96. The van der Waals surface area contributed by atoms with Gasteiger partial charge in [-0.05, 0) is 25.0 Å². The largest absolute Gasteiger partial charge is 0.398 e. The highest BCUT2D eigenvalue weighted by Crippen LogP contribution is 2.13. The Morgan fingerprint density at radius 1 is 1.29 bits per heavy atom. The van der Waals surface area contributed by atoms with Crippen molar-refractivity contribution in [2.24, 2.45) is 0 Å². The van der Waals surface area contributed by atoms with E-state index in [1.807, 2.05) is 26.1 Å². The van der Waals surface area contributed by atoms with Crippen molar-refractivity contribution in [3.63, 3.8) is 0 Å². The zero-order valence-electron chi connectivity index (χ0n) is 8.23. The zero-order chi connectivity index (χ0) is 10.1. The number of rotatable bonds is 1. The SMILES string of the molecule is Cc1cnn(-c2cc(N)c(C)cn2)c1. The standard InChI is InChI=1S/C10H12N4/c1-7-4-13-14(6-7)10-3-9(11)8(2)5-12-10/h3-6H,1-2H3,(H2,11,12). The third-order valence-electron chi connectivity index (χ3n) is 2.08. The van der Waals surface area contributed by atoms with E-state index in [-0.39, 0.29) is 0 Å². The fraction of sp³-hybridized carbons (Fsp3) is 0.200. The molecule has 14 heavy (non-hydrogen) atoms. The molecule has 2 rings (SSSR count). The van der Waals surface area contributed by atoms with Crippen LogP contribution in [0.2, 0.25) is 0 Å². The van der Waals surface area contributed by atoms with Crippen LogP contribution in [0.1, 0.15) is 11.1 Å². The molecule has 0 aliphatic carbocycles. The molecule has 72 valence electrons. The number of hydrogen-bond donors (Lipinski definition) is 1. The first-order valence-corrected chi connectivity index (χ1v) is 4.40. The maximum atomic E-state index is 5.78. The van der Waals surface area contributed by atoms with Crippen molar-refractivity contribution < 1.29 is 0 Å². The van der Waals surface area contributed by atoms with E-state index in [0.29, 0.717) is 0 Å². The van der Waals surface area contributed by atoms with Gasteiger partial charge in [-0.2, -0.15) is 5.10 Å². The van der Waals surface area contributed by atoms with E-state index in [0.717, 1.165) is 22.6 Å². The smallest absolute Gasteiger partial charge is 0.155 e. The van der Waals surface area contributed by atoms with Crippen molar-refractivity contribution in [1.82, 2.24) is 14.8 Å². The van der Waals surface area contributed by atoms with E-state index < -0.39 is 0 Å². The lowest BCUT2D eigenvalue weighted by molar-refractivity contribution is 0.846. The summed E-state index contributed by atoms with van der Waals surface area (Å²) in [6.45, 7) is 3.92. The van der Waals surface area contributed by atoms with Gasteiger partial charge >= 0.3 is 0 Å². The first-order valence-electron chi connectivity index (χ1n) is 4.40. The van der Waals surface area contributed by atoms with Gasteiger partial charge in [0.1, 0.15) is 0 Å². The van der Waals surface area contributed by atoms with E-state index in [1.165, 1.54) is 0 Å². The van der Waals surface area contributed by atoms with E-state index in [2.05, 4.69) is 10.1 Å². The Morgan fingerprint density at radius 2 is 2.07 bits per heavy atom. The second-order valence-electron chi connectivity index (χ2n) is 3.36. The Labute approximate surface area is 82.4 Å². The van der Waals surface area contributed by atoms with E-state index in [4.69, 9.17) is 5.73 Å². The Hall–Kier alpha value is -1.84. The van der Waals surface area contributed by atoms with E-state index in [9.17, 15) is 0 Å². The van der Waals surface area contributed by atoms with Crippen molar-refractivity contribution >= 4 is 5.69 Å². The van der Waals surface area contributed by atoms with Gasteiger partial charge in [0.15, 0.2) is 5.82 Å². The number of nitrogens with zero attached hydrogens (tertiary/aromatic N) is 3. The number of pyridine rings is 1. The molecule has 0 aromatic carbocycles. The molecule has 0 saturated carbocycles. The molecule has 0 aliphatic heterocycles. The van der Waals surface area contributed by atoms with Gasteiger partial charge in [0.05, 0.1) is 6.20 Å². The highest BCUT2D eigenvalue weighted by atomic mass is 15.3. The normalized spacial score (nSPS) is 10.4. The molecule has 0 unspecified atom stereocenters. The summed E-state index contributed by atoms with van der Waals surface area (Å²) in [7, 11) is 0. The number of nitrogens with two attached hydrogens (primary N) is 1. The summed E-state index contributed by atoms with van der Waals surface area (Å²) in [5.74, 6) is 0.751. The lowest BCUT2D eigenvalue weighted by atomic mass is 10.2. The zero-order valence-corrected chi connectivity index (χ0v) is 8.23. The minimum absolute atomic E-state index is 0.739. The quantitative estimate of drug-likeness (QED) is 0.737. The van der Waals surface area contributed by atoms with Crippen LogP contribution in [-0.4, -0.2) is 14.8 Å². The summed E-state index contributed by atoms with van der Waals surface area (Å²) in [5.41, 5.74) is 8.61. The minimum atomic E-state index is 0.739. The molecule has 0 amide bonds. The molecule has 2 heterocycles. The van der Waals surface area contributed by atoms with Crippen LogP contribution in [0, 0.1) is 13.8 Å². The summed E-state index contributed by atoms with van der Waals surface area (Å²) in [6, 6.07) is 1.82. The minimum Gasteiger partial charge on any atom is -0.398 e. The average molecular weight is 188 g/mol. The van der Waals surface area contributed by atoms with Crippen LogP contribution >= 0.6 is 0 Å². The lowest BCUT2D eigenvalue weighted by Gasteiger charge is -2.03. The van der Waals surface area contributed by atoms with Crippen molar-refractivity contribution in [3.05, 3.63) is 35.8 Å². The number of hydrogen-bond acceptors (Lipinski definition) is 3. The van der Waals surface area contributed by atoms with Gasteiger partial charge in [0.25, 0.3) is 0 Å². The Morgan fingerprint density at radius 3 is 2.64 bits per heavy atom. The van der Waals surface area contributed by atoms with Crippen LogP contribution in [0.25, 0.3) is 5.82 Å². The molecular formula is C10H12N4. The third kappa shape index (κ3) is 1.46. The predicted molar refractivity (Wildman–Crippen MR) is 55.2 cm³/mol. The summed E-state index contributed by atoms with van der Waals surface area (Å²) < 4.78 is 1.71. The van der Waals surface area contributed by atoms with E-state index >= 15 is 0 Å². The second-order valence-corrected chi connectivity index (χ2v) is 3.36. The molecule has 2 N–H and O–H groups in total. The van der Waals surface area contributed by atoms with Crippen LogP contribution in [0.5, 0.6) is 0 Å². The molecule has 2 aromatic heterocycles. The molecule has 0 fully saturated rings. The first kappa shape index (κ1) is 8.74. The molecular weight excluding hydrogens is 176 g/mol. The molecule has 4 nitrogen and oxygen atoms in total. The van der Waals surface area contributed by atoms with Crippen molar-refractivity contribution in [2.45, 2.75) is 13.8 Å². The molecule has 0 radical (unpaired) electrons. The first-order chi connectivity index (χ1) is 6.66. The summed E-state index contributed by atoms with van der Waals surface area (Å²) in [4.78, 5) is 4.24. The van der Waals surface area contributed by atoms with Crippen molar-refractivity contribution in [2.75, 3.05) is 5.73 Å². The molecule has 0 atom stereocenters. The Balaban J connectivity index is 2.47. The van der Waals surface area contributed by atoms with Gasteiger partial charge in [-0.15, -0.1) is 0 Å². The number of nitrogen functional groups attached to an aromatic ring is 1. The van der Waals surface area contributed by atoms with E-state index in [1.54, 1.807) is 17.1 Å². The maximum Gasteiger partial charge on any atom is 0.155 e. The number of aromatic nitrogens is 3. The highest BCUT2D eigenvalue weighted by molar-refractivity contribution is 5.49. The maximum absolute atomic E-state index is 5.78. The van der Waals surface area contributed by atoms with Gasteiger partial charge in [-0.1, -0.05) is 0 Å². The van der Waals surface area contributed by atoms with Crippen LogP contribution < -0.4 is 5.73 Å². The van der Waals surface area contributed by atoms with Gasteiger partial charge in [0, 0.05) is 24.1 Å². The van der Waals surface area contributed by atoms with Crippen LogP contribution in [0.4, 0.5) is 5.69 Å². The topological polar surface area (TPSA) is 56.7 Å². The highest BCUT2D eigenvalue weighted by Gasteiger charge is 2.01. The van der Waals surface area contributed by atoms with Gasteiger partial charge in [-0.3, -0.25) is 0 Å². The lowest BCUT2D eigenvalue weighted by Crippen LogP contribution is -2.00. The fourth-order valence-electron chi connectivity index (χ4n) is 1.19. The number of aryl methyl sites for hydroxylation is 2. The average Bonchev–Trinajstić information content (AvgIpc) is 2.57. The van der Waals surface area contributed by atoms with Crippen molar-refractivity contribution in [1.29, 1.82) is 0 Å². The third-order valence-corrected chi connectivity index (χ3v) is 2.08. The second kappa shape index (κ2) is 3.14. The molecule has 4 heteroatoms. The monoisotopic (exact) mass is 188 g/mol. The molecule has 0 spiro atoms. The molecule has 0 bridgehead atoms. The fourth-order valence-corrected chi connectivity index (χ4v) is 1.19. The molecule has 0 saturated heterocycles. The number of anilines is 1. The summed E-state index contributed by atoms with van der Waals surface area (Å²) >= 11 is 0. The van der Waals surface area contributed by atoms with Crippen LogP contribution in [0.3, 0.4) is 0 Å². The van der Waals surface area contributed by atoms with Gasteiger partial charge in [-0.25, -0.2) is 9.67 Å². The summed E-state index contributed by atoms with van der Waals surface area (Å²) in [6.07, 6.45) is 5.45. The van der Waals surface area contributed by atoms with Gasteiger partial charge in [0.2, 0.25) is 0 Å². The Bertz CT molecular complexity index is 459. The van der Waals surface area contributed by atoms with Gasteiger partial charge < -0.3 is 5.73 Å². The molecule has 0 aliphatic rings. The van der Waals surface area contributed by atoms with Crippen LogP contribution in [-0.2, 0) is 0 Å². The summed E-state index contributed by atoms with van der Waals surface area (Å²) in [5, 5.41) is 4.16. The van der Waals surface area contributed by atoms with Crippen LogP contribution in [0.15, 0.2) is 24.7 Å². The molecule has 2 aromatic rings.